The molecule has 0 aliphatic carbocycles. The highest BCUT2D eigenvalue weighted by atomic mass is 32.2. The third-order valence-electron chi connectivity index (χ3n) is 5.87. The van der Waals surface area contributed by atoms with Crippen molar-refractivity contribution in [3.05, 3.63) is 130 Å². The minimum Gasteiger partial charge on any atom is -0.390 e. The zero-order valence-corrected chi connectivity index (χ0v) is 20.4. The van der Waals surface area contributed by atoms with Gasteiger partial charge in [0, 0.05) is 12.3 Å². The summed E-state index contributed by atoms with van der Waals surface area (Å²) in [7, 11) is 0. The molecule has 36 heavy (non-hydrogen) atoms. The van der Waals surface area contributed by atoms with Gasteiger partial charge < -0.3 is 21.2 Å². The highest BCUT2D eigenvalue weighted by molar-refractivity contribution is 8.00. The Morgan fingerprint density at radius 2 is 1.47 bits per heavy atom. The molecule has 1 amide bonds. The van der Waals surface area contributed by atoms with Gasteiger partial charge in [0.05, 0.1) is 17.3 Å². The van der Waals surface area contributed by atoms with Gasteiger partial charge >= 0.3 is 5.95 Å². The minimum atomic E-state index is -0.775. The number of carbonyl (C=O) groups excluding carboxylic acids is 1. The lowest BCUT2D eigenvalue weighted by atomic mass is 9.84. The first-order chi connectivity index (χ1) is 17.5. The number of nitrogens with one attached hydrogen (secondary N) is 1. The average Bonchev–Trinajstić information content (AvgIpc) is 3.40. The first-order valence-corrected chi connectivity index (χ1v) is 12.5. The molecular formula is C27H27N5O3S. The molecule has 1 aromatic heterocycles. The highest BCUT2D eigenvalue weighted by Gasteiger charge is 2.37. The van der Waals surface area contributed by atoms with Crippen molar-refractivity contribution in [2.45, 2.75) is 17.3 Å². The van der Waals surface area contributed by atoms with Crippen LogP contribution in [0.15, 0.2) is 103 Å². The summed E-state index contributed by atoms with van der Waals surface area (Å²) in [5.41, 5.74) is 9.61. The predicted octanol–water partition coefficient (Wildman–Crippen LogP) is 3.96. The molecule has 0 spiro atoms. The van der Waals surface area contributed by atoms with Crippen LogP contribution >= 0.6 is 11.8 Å². The van der Waals surface area contributed by atoms with Crippen molar-refractivity contribution in [1.29, 1.82) is 0 Å². The van der Waals surface area contributed by atoms with Crippen LogP contribution in [0, 0.1) is 10.1 Å². The Morgan fingerprint density at radius 1 is 0.972 bits per heavy atom. The lowest BCUT2D eigenvalue weighted by Gasteiger charge is -2.36. The van der Waals surface area contributed by atoms with Gasteiger partial charge in [-0.1, -0.05) is 96.0 Å². The summed E-state index contributed by atoms with van der Waals surface area (Å²) < 4.78 is 0.810. The normalized spacial score (nSPS) is 12.1. The summed E-state index contributed by atoms with van der Waals surface area (Å²) >= 11 is 1.61. The number of rotatable bonds is 11. The van der Waals surface area contributed by atoms with Crippen LogP contribution in [0.2, 0.25) is 0 Å². The zero-order chi connectivity index (χ0) is 25.4. The molecule has 0 unspecified atom stereocenters. The van der Waals surface area contributed by atoms with Crippen molar-refractivity contribution in [3.63, 3.8) is 0 Å². The topological polar surface area (TPSA) is 116 Å². The van der Waals surface area contributed by atoms with E-state index in [9.17, 15) is 14.9 Å². The number of hydrogen-bond donors (Lipinski definition) is 2. The Hall–Kier alpha value is -3.95. The standard InChI is InChI=1S/C27H27N5O3S/c28-24(25(33)29-16-18-31-19-17-30-26(31)32(34)35)20-36-27(21-10-4-1-5-11-21,22-12-6-2-7-13-22)23-14-8-3-9-15-23/h1-15,17,19,24H,16,18,20,28H2,(H,29,33)/t24-/m0/s1. The van der Waals surface area contributed by atoms with Crippen LogP contribution < -0.4 is 11.1 Å². The summed E-state index contributed by atoms with van der Waals surface area (Å²) in [6, 6.07) is 29.8. The van der Waals surface area contributed by atoms with E-state index < -0.39 is 15.7 Å². The third kappa shape index (κ3) is 5.48. The molecule has 9 heteroatoms. The number of amides is 1. The largest absolute Gasteiger partial charge is 0.434 e. The van der Waals surface area contributed by atoms with E-state index in [0.29, 0.717) is 5.75 Å². The van der Waals surface area contributed by atoms with Crippen molar-refractivity contribution >= 4 is 23.6 Å². The van der Waals surface area contributed by atoms with Crippen LogP contribution in [0.25, 0.3) is 0 Å². The lowest BCUT2D eigenvalue weighted by molar-refractivity contribution is -0.396. The van der Waals surface area contributed by atoms with Gasteiger partial charge in [-0.15, -0.1) is 11.8 Å². The molecule has 0 saturated heterocycles. The smallest absolute Gasteiger partial charge is 0.390 e. The monoisotopic (exact) mass is 501 g/mol. The van der Waals surface area contributed by atoms with Gasteiger partial charge in [0.2, 0.25) is 5.91 Å². The predicted molar refractivity (Wildman–Crippen MR) is 142 cm³/mol. The van der Waals surface area contributed by atoms with Crippen molar-refractivity contribution in [2.24, 2.45) is 5.73 Å². The Labute approximate surface area is 213 Å². The molecule has 0 saturated carbocycles. The molecule has 4 aromatic rings. The molecule has 1 heterocycles. The van der Waals surface area contributed by atoms with E-state index in [1.54, 1.807) is 11.8 Å². The number of nitrogens with zero attached hydrogens (tertiary/aromatic N) is 3. The number of benzene rings is 3. The minimum absolute atomic E-state index is 0.204. The molecule has 0 radical (unpaired) electrons. The Kier molecular flexibility index (Phi) is 8.14. The van der Waals surface area contributed by atoms with Gasteiger partial charge in [0.25, 0.3) is 0 Å². The van der Waals surface area contributed by atoms with Gasteiger partial charge in [-0.3, -0.25) is 4.79 Å². The maximum atomic E-state index is 12.8. The fourth-order valence-corrected chi connectivity index (χ4v) is 5.63. The zero-order valence-electron chi connectivity index (χ0n) is 19.6. The SMILES string of the molecule is N[C@@H](CSC(c1ccccc1)(c1ccccc1)c1ccccc1)C(=O)NCCn1ccnc1[N+](=O)[O-]. The number of thioether (sulfide) groups is 1. The summed E-state index contributed by atoms with van der Waals surface area (Å²) in [4.78, 5) is 27.0. The molecule has 8 nitrogen and oxygen atoms in total. The van der Waals surface area contributed by atoms with E-state index in [4.69, 9.17) is 5.73 Å². The second-order valence-corrected chi connectivity index (χ2v) is 9.40. The molecule has 4 rings (SSSR count). The lowest BCUT2D eigenvalue weighted by Crippen LogP contribution is -2.44. The van der Waals surface area contributed by atoms with E-state index >= 15 is 0 Å². The van der Waals surface area contributed by atoms with Gasteiger partial charge in [-0.25, -0.2) is 4.57 Å². The third-order valence-corrected chi connectivity index (χ3v) is 7.53. The first kappa shape index (κ1) is 25.2. The molecule has 0 aliphatic rings. The van der Waals surface area contributed by atoms with Crippen LogP contribution in [0.4, 0.5) is 5.95 Å². The summed E-state index contributed by atoms with van der Waals surface area (Å²) in [5.74, 6) is -0.216. The fourth-order valence-electron chi connectivity index (χ4n) is 4.14. The van der Waals surface area contributed by atoms with Gasteiger partial charge in [0.1, 0.15) is 12.4 Å². The van der Waals surface area contributed by atoms with Crippen molar-refractivity contribution in [1.82, 2.24) is 14.9 Å². The number of carbonyl (C=O) groups is 1. The van der Waals surface area contributed by atoms with Gasteiger partial charge in [-0.05, 0) is 21.6 Å². The van der Waals surface area contributed by atoms with Crippen molar-refractivity contribution in [3.8, 4) is 0 Å². The molecule has 3 N–H and O–H groups in total. The number of nitro groups is 1. The quantitative estimate of drug-likeness (QED) is 0.183. The molecule has 0 fully saturated rings. The molecule has 1 atom stereocenters. The number of hydrogen-bond acceptors (Lipinski definition) is 6. The van der Waals surface area contributed by atoms with E-state index in [2.05, 4.69) is 46.7 Å². The van der Waals surface area contributed by atoms with Crippen LogP contribution in [0.3, 0.4) is 0 Å². The Bertz CT molecular complexity index is 1190. The van der Waals surface area contributed by atoms with E-state index in [1.165, 1.54) is 17.0 Å². The first-order valence-electron chi connectivity index (χ1n) is 11.5. The van der Waals surface area contributed by atoms with E-state index in [0.717, 1.165) is 16.7 Å². The molecule has 184 valence electrons. The van der Waals surface area contributed by atoms with Crippen LogP contribution in [-0.4, -0.2) is 38.7 Å². The van der Waals surface area contributed by atoms with Crippen molar-refractivity contribution in [2.75, 3.05) is 12.3 Å². The van der Waals surface area contributed by atoms with E-state index in [1.807, 2.05) is 54.6 Å². The van der Waals surface area contributed by atoms with Crippen LogP contribution in [0.5, 0.6) is 0 Å². The fraction of sp³-hybridized carbons (Fsp3) is 0.185. The number of imidazole rings is 1. The Balaban J connectivity index is 1.53. The molecule has 3 aromatic carbocycles. The summed E-state index contributed by atoms with van der Waals surface area (Å²) in [6.45, 7) is 0.430. The maximum absolute atomic E-state index is 12.8. The number of nitrogens with two attached hydrogens (primary N) is 1. The van der Waals surface area contributed by atoms with Crippen molar-refractivity contribution < 1.29 is 9.72 Å². The number of aromatic nitrogens is 2. The molecular weight excluding hydrogens is 474 g/mol. The Morgan fingerprint density at radius 3 is 1.94 bits per heavy atom. The van der Waals surface area contributed by atoms with E-state index in [-0.39, 0.29) is 24.9 Å². The molecule has 0 bridgehead atoms. The highest BCUT2D eigenvalue weighted by Crippen LogP contribution is 2.48. The maximum Gasteiger partial charge on any atom is 0.434 e. The van der Waals surface area contributed by atoms with Gasteiger partial charge in [-0.2, -0.15) is 0 Å². The van der Waals surface area contributed by atoms with Gasteiger partial charge in [0.15, 0.2) is 0 Å². The average molecular weight is 502 g/mol. The van der Waals surface area contributed by atoms with Crippen LogP contribution in [0.1, 0.15) is 16.7 Å². The second kappa shape index (κ2) is 11.7. The molecule has 0 aliphatic heterocycles. The van der Waals surface area contributed by atoms with Crippen LogP contribution in [-0.2, 0) is 16.1 Å². The second-order valence-electron chi connectivity index (χ2n) is 8.17. The summed E-state index contributed by atoms with van der Waals surface area (Å²) in [6.07, 6.45) is 2.87. The summed E-state index contributed by atoms with van der Waals surface area (Å²) in [5, 5.41) is 13.8.